The van der Waals surface area contributed by atoms with Gasteiger partial charge in [-0.05, 0) is 35.7 Å². The molecule has 1 saturated heterocycles. The molecule has 1 aliphatic carbocycles. The van der Waals surface area contributed by atoms with E-state index in [1.807, 2.05) is 0 Å². The van der Waals surface area contributed by atoms with E-state index in [4.69, 9.17) is 10.5 Å². The fraction of sp³-hybridized carbons (Fsp3) is 0.440. The highest BCUT2D eigenvalue weighted by molar-refractivity contribution is 7.91. The zero-order valence-corrected chi connectivity index (χ0v) is 20.2. The fourth-order valence-corrected chi connectivity index (χ4v) is 5.99. The summed E-state index contributed by atoms with van der Waals surface area (Å²) in [4.78, 5) is 27.0. The van der Waals surface area contributed by atoms with E-state index in [1.54, 1.807) is 35.2 Å². The van der Waals surface area contributed by atoms with Crippen LogP contribution in [0.25, 0.3) is 0 Å². The van der Waals surface area contributed by atoms with Crippen molar-refractivity contribution in [1.82, 2.24) is 10.2 Å². The van der Waals surface area contributed by atoms with E-state index in [0.717, 1.165) is 12.0 Å². The number of benzene rings is 2. The van der Waals surface area contributed by atoms with Gasteiger partial charge in [0, 0.05) is 37.2 Å². The zero-order chi connectivity index (χ0) is 25.0. The van der Waals surface area contributed by atoms with Crippen LogP contribution in [0.15, 0.2) is 48.5 Å². The first-order chi connectivity index (χ1) is 16.7. The van der Waals surface area contributed by atoms with Crippen LogP contribution in [-0.2, 0) is 19.4 Å². The second kappa shape index (κ2) is 10.8. The van der Waals surface area contributed by atoms with E-state index < -0.39 is 27.4 Å². The molecule has 2 fully saturated rings. The summed E-state index contributed by atoms with van der Waals surface area (Å²) in [7, 11) is -3.65. The molecular formula is C25H30FN3O5S. The topological polar surface area (TPSA) is 119 Å². The van der Waals surface area contributed by atoms with Gasteiger partial charge in [0.25, 0.3) is 0 Å². The maximum Gasteiger partial charge on any atom is 0.249 e. The van der Waals surface area contributed by atoms with E-state index in [1.165, 1.54) is 18.2 Å². The molecule has 188 valence electrons. The second-order valence-electron chi connectivity index (χ2n) is 9.01. The number of nitrogens with two attached hydrogens (primary N) is 1. The van der Waals surface area contributed by atoms with Gasteiger partial charge in [-0.25, -0.2) is 12.8 Å². The highest BCUT2D eigenvalue weighted by atomic mass is 32.2. The van der Waals surface area contributed by atoms with Gasteiger partial charge in [-0.3, -0.25) is 9.59 Å². The Morgan fingerprint density at radius 3 is 2.49 bits per heavy atom. The number of nitrogens with one attached hydrogen (secondary N) is 1. The average molecular weight is 504 g/mol. The zero-order valence-electron chi connectivity index (χ0n) is 19.4. The molecule has 3 atom stereocenters. The summed E-state index contributed by atoms with van der Waals surface area (Å²) in [6.45, 7) is 1.72. The van der Waals surface area contributed by atoms with Crippen molar-refractivity contribution in [3.63, 3.8) is 0 Å². The SMILES string of the molecule is NC(=O)c1ccccc1[C@@H](CS(=O)(=O)CCN[C@@H]1C[C@H]1c1ccc(F)cc1)C(=O)N1CCOCC1. The molecule has 4 rings (SSSR count). The van der Waals surface area contributed by atoms with E-state index >= 15 is 0 Å². The van der Waals surface area contributed by atoms with Gasteiger partial charge in [-0.2, -0.15) is 0 Å². The largest absolute Gasteiger partial charge is 0.378 e. The molecule has 1 heterocycles. The molecule has 0 aromatic heterocycles. The summed E-state index contributed by atoms with van der Waals surface area (Å²) in [6.07, 6.45) is 0.857. The fourth-order valence-electron chi connectivity index (χ4n) is 4.56. The Labute approximate surface area is 204 Å². The highest BCUT2D eigenvalue weighted by Crippen LogP contribution is 2.40. The summed E-state index contributed by atoms with van der Waals surface area (Å²) in [6, 6.07) is 12.9. The van der Waals surface area contributed by atoms with Crippen LogP contribution >= 0.6 is 0 Å². The van der Waals surface area contributed by atoms with Crippen molar-refractivity contribution >= 4 is 21.7 Å². The quantitative estimate of drug-likeness (QED) is 0.506. The third-order valence-electron chi connectivity index (χ3n) is 6.55. The van der Waals surface area contributed by atoms with Crippen LogP contribution in [0.5, 0.6) is 0 Å². The minimum Gasteiger partial charge on any atom is -0.378 e. The molecule has 0 bridgehead atoms. The van der Waals surface area contributed by atoms with Crippen molar-refractivity contribution in [3.05, 3.63) is 71.0 Å². The van der Waals surface area contributed by atoms with Crippen LogP contribution < -0.4 is 11.1 Å². The summed E-state index contributed by atoms with van der Waals surface area (Å²) in [5, 5.41) is 3.25. The smallest absolute Gasteiger partial charge is 0.249 e. The molecule has 35 heavy (non-hydrogen) atoms. The number of hydrogen-bond acceptors (Lipinski definition) is 6. The van der Waals surface area contributed by atoms with Crippen LogP contribution in [0, 0.1) is 5.82 Å². The first kappa shape index (κ1) is 25.3. The number of sulfone groups is 1. The maximum atomic E-state index is 13.4. The minimum atomic E-state index is -3.65. The van der Waals surface area contributed by atoms with E-state index in [2.05, 4.69) is 5.32 Å². The van der Waals surface area contributed by atoms with Gasteiger partial charge in [-0.1, -0.05) is 30.3 Å². The summed E-state index contributed by atoms with van der Waals surface area (Å²) in [5.41, 5.74) is 7.01. The molecule has 1 aliphatic heterocycles. The van der Waals surface area contributed by atoms with Crippen LogP contribution in [0.4, 0.5) is 4.39 Å². The maximum absolute atomic E-state index is 13.4. The minimum absolute atomic E-state index is 0.136. The van der Waals surface area contributed by atoms with Gasteiger partial charge in [-0.15, -0.1) is 0 Å². The number of carbonyl (C=O) groups is 2. The van der Waals surface area contributed by atoms with Gasteiger partial charge in [0.2, 0.25) is 11.8 Å². The van der Waals surface area contributed by atoms with Gasteiger partial charge in [0.1, 0.15) is 5.82 Å². The number of halogens is 1. The molecule has 2 aromatic carbocycles. The lowest BCUT2D eigenvalue weighted by atomic mass is 9.93. The van der Waals surface area contributed by atoms with Gasteiger partial charge >= 0.3 is 0 Å². The standard InChI is InChI=1S/C25H30FN3O5S/c26-18-7-5-17(6-8-18)21-15-23(21)28-9-14-35(32,33)16-22(25(31)29-10-12-34-13-11-29)19-3-1-2-4-20(19)24(27)30/h1-8,21-23,28H,9-16H2,(H2,27,30)/t21-,22+,23+/m0/s1. The van der Waals surface area contributed by atoms with Crippen molar-refractivity contribution in [1.29, 1.82) is 0 Å². The van der Waals surface area contributed by atoms with Crippen LogP contribution in [0.2, 0.25) is 0 Å². The highest BCUT2D eigenvalue weighted by Gasteiger charge is 2.38. The molecule has 10 heteroatoms. The Balaban J connectivity index is 1.42. The lowest BCUT2D eigenvalue weighted by molar-refractivity contribution is -0.136. The molecule has 1 saturated carbocycles. The van der Waals surface area contributed by atoms with Gasteiger partial charge in [0.15, 0.2) is 9.84 Å². The van der Waals surface area contributed by atoms with Gasteiger partial charge < -0.3 is 20.7 Å². The summed E-state index contributed by atoms with van der Waals surface area (Å²) >= 11 is 0. The van der Waals surface area contributed by atoms with Crippen molar-refractivity contribution in [3.8, 4) is 0 Å². The predicted molar refractivity (Wildman–Crippen MR) is 129 cm³/mol. The number of rotatable bonds is 10. The molecular weight excluding hydrogens is 473 g/mol. The van der Waals surface area contributed by atoms with E-state index in [-0.39, 0.29) is 41.5 Å². The van der Waals surface area contributed by atoms with E-state index in [0.29, 0.717) is 31.9 Å². The first-order valence-corrected chi connectivity index (χ1v) is 13.5. The second-order valence-corrected chi connectivity index (χ2v) is 11.2. The Kier molecular flexibility index (Phi) is 7.83. The van der Waals surface area contributed by atoms with Crippen molar-refractivity contribution in [2.24, 2.45) is 5.73 Å². The Bertz CT molecular complexity index is 1170. The molecule has 0 spiro atoms. The third-order valence-corrected chi connectivity index (χ3v) is 8.22. The summed E-state index contributed by atoms with van der Waals surface area (Å²) in [5.74, 6) is -2.71. The first-order valence-electron chi connectivity index (χ1n) is 11.7. The molecule has 0 radical (unpaired) electrons. The van der Waals surface area contributed by atoms with Crippen LogP contribution in [0.1, 0.15) is 39.7 Å². The lowest BCUT2D eigenvalue weighted by Crippen LogP contribution is -2.45. The number of morpholine rings is 1. The number of primary amides is 1. The molecule has 2 aliphatic rings. The molecule has 2 amide bonds. The third kappa shape index (κ3) is 6.45. The number of amides is 2. The lowest BCUT2D eigenvalue weighted by Gasteiger charge is -2.31. The summed E-state index contributed by atoms with van der Waals surface area (Å²) < 4.78 is 44.6. The van der Waals surface area contributed by atoms with Crippen molar-refractivity contribution < 1.29 is 27.1 Å². The molecule has 3 N–H and O–H groups in total. The number of carbonyl (C=O) groups excluding carboxylic acids is 2. The van der Waals surface area contributed by atoms with Crippen LogP contribution in [-0.4, -0.2) is 75.5 Å². The normalized spacial score (nSPS) is 20.9. The number of hydrogen-bond donors (Lipinski definition) is 2. The molecule has 2 aromatic rings. The van der Waals surface area contributed by atoms with Crippen LogP contribution in [0.3, 0.4) is 0 Å². The van der Waals surface area contributed by atoms with Crippen molar-refractivity contribution in [2.45, 2.75) is 24.3 Å². The Morgan fingerprint density at radius 2 is 1.80 bits per heavy atom. The number of ether oxygens (including phenoxy) is 1. The monoisotopic (exact) mass is 503 g/mol. The van der Waals surface area contributed by atoms with E-state index in [9.17, 15) is 22.4 Å². The molecule has 0 unspecified atom stereocenters. The Morgan fingerprint density at radius 1 is 1.11 bits per heavy atom. The Hall–Kier alpha value is -2.82. The predicted octanol–water partition coefficient (Wildman–Crippen LogP) is 1.43. The average Bonchev–Trinajstić information content (AvgIpc) is 3.62. The van der Waals surface area contributed by atoms with Gasteiger partial charge in [0.05, 0.1) is 30.6 Å². The number of nitrogens with zero attached hydrogens (tertiary/aromatic N) is 1. The molecule has 8 nitrogen and oxygen atoms in total. The van der Waals surface area contributed by atoms with Crippen molar-refractivity contribution in [2.75, 3.05) is 44.4 Å².